The van der Waals surface area contributed by atoms with Crippen LogP contribution < -0.4 is 5.73 Å². The summed E-state index contributed by atoms with van der Waals surface area (Å²) >= 11 is 0. The third-order valence-electron chi connectivity index (χ3n) is 3.65. The number of nitrogens with two attached hydrogens (primary N) is 1. The number of carbonyl (C=O) groups excluding carboxylic acids is 1. The van der Waals surface area contributed by atoms with Crippen molar-refractivity contribution in [3.8, 4) is 0 Å². The first-order valence-corrected chi connectivity index (χ1v) is 6.04. The Hall–Kier alpha value is -1.36. The second kappa shape index (κ2) is 4.87. The summed E-state index contributed by atoms with van der Waals surface area (Å²) in [5.74, 6) is 1.26. The molecule has 1 aliphatic heterocycles. The molecule has 0 spiro atoms. The van der Waals surface area contributed by atoms with Gasteiger partial charge in [0, 0.05) is 18.7 Å². The first kappa shape index (κ1) is 12.1. The SMILES string of the molecule is Cc1cnoc1C(=O)N1CCC(C)C(CN)C1. The molecule has 1 aromatic heterocycles. The Kier molecular flexibility index (Phi) is 3.47. The van der Waals surface area contributed by atoms with E-state index in [4.69, 9.17) is 10.3 Å². The van der Waals surface area contributed by atoms with Crippen molar-refractivity contribution in [2.45, 2.75) is 20.3 Å². The molecule has 0 bridgehead atoms. The number of hydrogen-bond acceptors (Lipinski definition) is 4. The molecule has 17 heavy (non-hydrogen) atoms. The first-order chi connectivity index (χ1) is 8.13. The van der Waals surface area contributed by atoms with Crippen LogP contribution in [0.1, 0.15) is 29.5 Å². The van der Waals surface area contributed by atoms with Crippen molar-refractivity contribution in [1.82, 2.24) is 10.1 Å². The van der Waals surface area contributed by atoms with E-state index in [1.807, 2.05) is 11.8 Å². The summed E-state index contributed by atoms with van der Waals surface area (Å²) < 4.78 is 5.00. The fraction of sp³-hybridized carbons (Fsp3) is 0.667. The zero-order valence-electron chi connectivity index (χ0n) is 10.3. The third-order valence-corrected chi connectivity index (χ3v) is 3.65. The normalized spacial score (nSPS) is 25.0. The summed E-state index contributed by atoms with van der Waals surface area (Å²) in [7, 11) is 0. The lowest BCUT2D eigenvalue weighted by Gasteiger charge is -2.36. The Labute approximate surface area is 101 Å². The minimum atomic E-state index is -0.0645. The fourth-order valence-corrected chi connectivity index (χ4v) is 2.28. The van der Waals surface area contributed by atoms with Gasteiger partial charge in [-0.2, -0.15) is 0 Å². The number of aromatic nitrogens is 1. The number of aryl methyl sites for hydroxylation is 1. The van der Waals surface area contributed by atoms with Gasteiger partial charge in [0.2, 0.25) is 5.76 Å². The summed E-state index contributed by atoms with van der Waals surface area (Å²) in [5.41, 5.74) is 6.52. The van der Waals surface area contributed by atoms with Crippen molar-refractivity contribution in [3.63, 3.8) is 0 Å². The van der Waals surface area contributed by atoms with E-state index in [0.717, 1.165) is 25.1 Å². The molecule has 5 heteroatoms. The predicted octanol–water partition coefficient (Wildman–Crippen LogP) is 1.04. The molecule has 0 aliphatic carbocycles. The van der Waals surface area contributed by atoms with Gasteiger partial charge in [-0.25, -0.2) is 0 Å². The van der Waals surface area contributed by atoms with Crippen LogP contribution in [-0.2, 0) is 0 Å². The smallest absolute Gasteiger partial charge is 0.292 e. The minimum absolute atomic E-state index is 0.0645. The van der Waals surface area contributed by atoms with E-state index in [9.17, 15) is 4.79 Å². The molecular formula is C12H19N3O2. The molecular weight excluding hydrogens is 218 g/mol. The quantitative estimate of drug-likeness (QED) is 0.834. The highest BCUT2D eigenvalue weighted by molar-refractivity contribution is 5.92. The van der Waals surface area contributed by atoms with Crippen LogP contribution in [0.5, 0.6) is 0 Å². The highest BCUT2D eigenvalue weighted by Gasteiger charge is 2.30. The van der Waals surface area contributed by atoms with Gasteiger partial charge >= 0.3 is 0 Å². The number of rotatable bonds is 2. The van der Waals surface area contributed by atoms with Gasteiger partial charge in [-0.3, -0.25) is 4.79 Å². The molecule has 2 rings (SSSR count). The van der Waals surface area contributed by atoms with Gasteiger partial charge in [-0.05, 0) is 31.7 Å². The maximum absolute atomic E-state index is 12.2. The molecule has 2 N–H and O–H groups in total. The molecule has 2 heterocycles. The van der Waals surface area contributed by atoms with Crippen molar-refractivity contribution >= 4 is 5.91 Å². The van der Waals surface area contributed by atoms with Gasteiger partial charge in [-0.15, -0.1) is 0 Å². The van der Waals surface area contributed by atoms with E-state index >= 15 is 0 Å². The van der Waals surface area contributed by atoms with Crippen molar-refractivity contribution in [3.05, 3.63) is 17.5 Å². The average molecular weight is 237 g/mol. The number of likely N-dealkylation sites (tertiary alicyclic amines) is 1. The summed E-state index contributed by atoms with van der Waals surface area (Å²) in [5, 5.41) is 3.64. The second-order valence-electron chi connectivity index (χ2n) is 4.85. The Morgan fingerprint density at radius 2 is 2.47 bits per heavy atom. The van der Waals surface area contributed by atoms with Gasteiger partial charge in [0.05, 0.1) is 6.20 Å². The molecule has 1 aromatic rings. The molecule has 1 fully saturated rings. The van der Waals surface area contributed by atoms with Crippen LogP contribution in [-0.4, -0.2) is 35.6 Å². The van der Waals surface area contributed by atoms with Crippen molar-refractivity contribution < 1.29 is 9.32 Å². The lowest BCUT2D eigenvalue weighted by Crippen LogP contribution is -2.45. The predicted molar refractivity (Wildman–Crippen MR) is 63.5 cm³/mol. The van der Waals surface area contributed by atoms with Gasteiger partial charge in [0.25, 0.3) is 5.91 Å². The minimum Gasteiger partial charge on any atom is -0.351 e. The lowest BCUT2D eigenvalue weighted by molar-refractivity contribution is 0.0577. The molecule has 1 saturated heterocycles. The van der Waals surface area contributed by atoms with E-state index in [2.05, 4.69) is 12.1 Å². The van der Waals surface area contributed by atoms with Crippen LogP contribution in [0, 0.1) is 18.8 Å². The second-order valence-corrected chi connectivity index (χ2v) is 4.85. The Morgan fingerprint density at radius 1 is 1.71 bits per heavy atom. The Bertz CT molecular complexity index is 402. The number of hydrogen-bond donors (Lipinski definition) is 1. The molecule has 5 nitrogen and oxygen atoms in total. The Morgan fingerprint density at radius 3 is 3.06 bits per heavy atom. The highest BCUT2D eigenvalue weighted by atomic mass is 16.5. The Balaban J connectivity index is 2.09. The van der Waals surface area contributed by atoms with Crippen LogP contribution >= 0.6 is 0 Å². The molecule has 0 aromatic carbocycles. The molecule has 94 valence electrons. The maximum Gasteiger partial charge on any atom is 0.292 e. The monoisotopic (exact) mass is 237 g/mol. The van der Waals surface area contributed by atoms with Crippen LogP contribution in [0.2, 0.25) is 0 Å². The lowest BCUT2D eigenvalue weighted by atomic mass is 9.87. The molecule has 1 aliphatic rings. The van der Waals surface area contributed by atoms with E-state index in [1.165, 1.54) is 0 Å². The average Bonchev–Trinajstić information content (AvgIpc) is 2.75. The van der Waals surface area contributed by atoms with Gasteiger partial charge in [0.15, 0.2) is 0 Å². The van der Waals surface area contributed by atoms with E-state index in [0.29, 0.717) is 24.1 Å². The molecule has 0 radical (unpaired) electrons. The summed E-state index contributed by atoms with van der Waals surface area (Å²) in [6, 6.07) is 0. The van der Waals surface area contributed by atoms with Crippen molar-refractivity contribution in [2.24, 2.45) is 17.6 Å². The molecule has 2 unspecified atom stereocenters. The van der Waals surface area contributed by atoms with Crippen molar-refractivity contribution in [2.75, 3.05) is 19.6 Å². The van der Waals surface area contributed by atoms with Crippen LogP contribution in [0.4, 0.5) is 0 Å². The summed E-state index contributed by atoms with van der Waals surface area (Å²) in [6.45, 7) is 6.14. The van der Waals surface area contributed by atoms with Crippen LogP contribution in [0.3, 0.4) is 0 Å². The van der Waals surface area contributed by atoms with E-state index in [1.54, 1.807) is 6.20 Å². The van der Waals surface area contributed by atoms with Crippen LogP contribution in [0.25, 0.3) is 0 Å². The number of amides is 1. The van der Waals surface area contributed by atoms with E-state index in [-0.39, 0.29) is 5.91 Å². The number of piperidine rings is 1. The fourth-order valence-electron chi connectivity index (χ4n) is 2.28. The number of carbonyl (C=O) groups is 1. The molecule has 0 saturated carbocycles. The van der Waals surface area contributed by atoms with E-state index < -0.39 is 0 Å². The summed E-state index contributed by atoms with van der Waals surface area (Å²) in [4.78, 5) is 14.0. The largest absolute Gasteiger partial charge is 0.351 e. The highest BCUT2D eigenvalue weighted by Crippen LogP contribution is 2.24. The summed E-state index contributed by atoms with van der Waals surface area (Å²) in [6.07, 6.45) is 2.57. The van der Waals surface area contributed by atoms with Gasteiger partial charge in [0.1, 0.15) is 0 Å². The zero-order chi connectivity index (χ0) is 12.4. The molecule has 2 atom stereocenters. The standard InChI is InChI=1S/C12H19N3O2/c1-8-3-4-15(7-10(8)5-13)12(16)11-9(2)6-14-17-11/h6,8,10H,3-5,7,13H2,1-2H3. The molecule has 1 amide bonds. The topological polar surface area (TPSA) is 72.4 Å². The third kappa shape index (κ3) is 2.34. The number of nitrogens with zero attached hydrogens (tertiary/aromatic N) is 2. The zero-order valence-corrected chi connectivity index (χ0v) is 10.3. The maximum atomic E-state index is 12.2. The van der Waals surface area contributed by atoms with Gasteiger partial charge < -0.3 is 15.2 Å². The van der Waals surface area contributed by atoms with Crippen LogP contribution in [0.15, 0.2) is 10.7 Å². The van der Waals surface area contributed by atoms with Crippen molar-refractivity contribution in [1.29, 1.82) is 0 Å². The van der Waals surface area contributed by atoms with Gasteiger partial charge in [-0.1, -0.05) is 12.1 Å². The first-order valence-electron chi connectivity index (χ1n) is 6.04.